The Labute approximate surface area is 72.6 Å². The van der Waals surface area contributed by atoms with E-state index in [9.17, 15) is 0 Å². The third-order valence-electron chi connectivity index (χ3n) is 0.543. The van der Waals surface area contributed by atoms with Crippen molar-refractivity contribution in [2.24, 2.45) is 0 Å². The van der Waals surface area contributed by atoms with Crippen LogP contribution in [0.4, 0.5) is 5.82 Å². The molecule has 8 heavy (non-hydrogen) atoms. The van der Waals surface area contributed by atoms with Crippen LogP contribution in [0.3, 0.4) is 0 Å². The Balaban J connectivity index is 0.000000490. The van der Waals surface area contributed by atoms with Gasteiger partial charge in [-0.15, -0.1) is 6.20 Å². The zero-order chi connectivity index (χ0) is 5.11. The van der Waals surface area contributed by atoms with E-state index in [-0.39, 0.29) is 32.7 Å². The van der Waals surface area contributed by atoms with Gasteiger partial charge in [-0.25, -0.2) is 0 Å². The monoisotopic (exact) mass is 183 g/mol. The van der Waals surface area contributed by atoms with Crippen molar-refractivity contribution in [2.45, 2.75) is 0 Å². The van der Waals surface area contributed by atoms with Crippen molar-refractivity contribution in [3.8, 4) is 0 Å². The van der Waals surface area contributed by atoms with Gasteiger partial charge >= 0.3 is 0 Å². The molecular formula is C4H4N3Y-. The van der Waals surface area contributed by atoms with Gasteiger partial charge in [0.05, 0.1) is 5.82 Å². The molecule has 0 atom stereocenters. The second-order valence-corrected chi connectivity index (χ2v) is 1.07. The molecule has 0 aromatic carbocycles. The summed E-state index contributed by atoms with van der Waals surface area (Å²) in [5.74, 6) is 0.429. The first-order valence-electron chi connectivity index (χ1n) is 1.83. The molecule has 39 valence electrons. The van der Waals surface area contributed by atoms with Crippen molar-refractivity contribution in [3.63, 3.8) is 0 Å². The second kappa shape index (κ2) is 3.92. The Morgan fingerprint density at radius 1 is 1.62 bits per heavy atom. The van der Waals surface area contributed by atoms with Gasteiger partial charge in [-0.05, 0) is 6.20 Å². The first-order chi connectivity index (χ1) is 3.39. The van der Waals surface area contributed by atoms with Crippen molar-refractivity contribution in [1.29, 1.82) is 0 Å². The molecule has 0 aliphatic heterocycles. The van der Waals surface area contributed by atoms with Gasteiger partial charge in [0.1, 0.15) is 0 Å². The topological polar surface area (TPSA) is 51.8 Å². The van der Waals surface area contributed by atoms with Gasteiger partial charge in [-0.2, -0.15) is 0 Å². The van der Waals surface area contributed by atoms with E-state index in [1.807, 2.05) is 0 Å². The molecule has 0 bridgehead atoms. The Bertz CT molecular complexity index is 141. The molecule has 4 heteroatoms. The van der Waals surface area contributed by atoms with Crippen LogP contribution in [0.1, 0.15) is 0 Å². The van der Waals surface area contributed by atoms with Crippen LogP contribution < -0.4 is 5.73 Å². The number of aromatic nitrogens is 2. The maximum Gasteiger partial charge on any atom is 0.0554 e. The van der Waals surface area contributed by atoms with Gasteiger partial charge in [-0.3, -0.25) is 4.98 Å². The van der Waals surface area contributed by atoms with Crippen molar-refractivity contribution < 1.29 is 32.7 Å². The zero-order valence-corrected chi connectivity index (χ0v) is 7.04. The van der Waals surface area contributed by atoms with Crippen molar-refractivity contribution in [3.05, 3.63) is 18.6 Å². The Hall–Kier alpha value is -0.0161. The Morgan fingerprint density at radius 3 is 2.62 bits per heavy atom. The minimum Gasteiger partial charge on any atom is -0.454 e. The maximum absolute atomic E-state index is 5.16. The van der Waals surface area contributed by atoms with Crippen LogP contribution in [0.15, 0.2) is 12.4 Å². The predicted octanol–water partition coefficient (Wildman–Crippen LogP) is -0.144. The van der Waals surface area contributed by atoms with Gasteiger partial charge in [0.15, 0.2) is 0 Å². The molecule has 0 saturated carbocycles. The van der Waals surface area contributed by atoms with Gasteiger partial charge in [-0.1, -0.05) is 6.20 Å². The average molecular weight is 183 g/mol. The first kappa shape index (κ1) is 7.98. The molecule has 0 amide bonds. The van der Waals surface area contributed by atoms with Crippen molar-refractivity contribution in [1.82, 2.24) is 9.97 Å². The van der Waals surface area contributed by atoms with Crippen LogP contribution in [-0.4, -0.2) is 9.97 Å². The molecule has 2 N–H and O–H groups in total. The number of nitrogen functional groups attached to an aromatic ring is 1. The van der Waals surface area contributed by atoms with Crippen LogP contribution in [-0.2, 0) is 32.7 Å². The molecule has 0 spiro atoms. The summed E-state index contributed by atoms with van der Waals surface area (Å²) in [5, 5.41) is 0. The van der Waals surface area contributed by atoms with Gasteiger partial charge in [0.25, 0.3) is 0 Å². The Kier molecular flexibility index (Phi) is 3.92. The zero-order valence-electron chi connectivity index (χ0n) is 4.20. The third-order valence-corrected chi connectivity index (χ3v) is 0.543. The standard InChI is InChI=1S/C4H4N3.Y/c5-4-3-6-1-2-7-4;/h2-3H,(H2,5,7);/q-1;. The molecule has 1 rings (SSSR count). The summed E-state index contributed by atoms with van der Waals surface area (Å²) in [6.07, 6.45) is 5.36. The Morgan fingerprint density at radius 2 is 2.38 bits per heavy atom. The minimum absolute atomic E-state index is 0. The summed E-state index contributed by atoms with van der Waals surface area (Å²) < 4.78 is 0. The van der Waals surface area contributed by atoms with E-state index in [0.717, 1.165) is 0 Å². The number of nitrogens with zero attached hydrogens (tertiary/aromatic N) is 2. The molecule has 1 radical (unpaired) electrons. The SMILES string of the molecule is Nc1cn[c-]cn1.[Y]. The molecule has 1 aromatic heterocycles. The summed E-state index contributed by atoms with van der Waals surface area (Å²) in [7, 11) is 0. The second-order valence-electron chi connectivity index (χ2n) is 1.07. The third kappa shape index (κ3) is 2.33. The van der Waals surface area contributed by atoms with Gasteiger partial charge in [0, 0.05) is 32.7 Å². The van der Waals surface area contributed by atoms with E-state index in [1.54, 1.807) is 0 Å². The van der Waals surface area contributed by atoms with Crippen LogP contribution in [0.5, 0.6) is 0 Å². The van der Waals surface area contributed by atoms with Crippen LogP contribution in [0.2, 0.25) is 0 Å². The van der Waals surface area contributed by atoms with E-state index < -0.39 is 0 Å². The molecule has 1 aromatic rings. The molecule has 3 nitrogen and oxygen atoms in total. The van der Waals surface area contributed by atoms with E-state index in [0.29, 0.717) is 5.82 Å². The quantitative estimate of drug-likeness (QED) is 0.569. The fourth-order valence-electron chi connectivity index (χ4n) is 0.273. The molecule has 1 heterocycles. The van der Waals surface area contributed by atoms with E-state index in [2.05, 4.69) is 16.2 Å². The number of hydrogen-bond acceptors (Lipinski definition) is 3. The van der Waals surface area contributed by atoms with Gasteiger partial charge in [0.2, 0.25) is 0 Å². The van der Waals surface area contributed by atoms with Crippen LogP contribution in [0, 0.1) is 6.20 Å². The fraction of sp³-hybridized carbons (Fsp3) is 0. The summed E-state index contributed by atoms with van der Waals surface area (Å²) in [6.45, 7) is 0. The van der Waals surface area contributed by atoms with Gasteiger partial charge < -0.3 is 10.7 Å². The molecule has 0 aliphatic carbocycles. The number of anilines is 1. The van der Waals surface area contributed by atoms with E-state index in [1.165, 1.54) is 12.4 Å². The smallest absolute Gasteiger partial charge is 0.0554 e. The molecule has 0 saturated heterocycles. The molecule has 0 aliphatic rings. The van der Waals surface area contributed by atoms with E-state index >= 15 is 0 Å². The first-order valence-corrected chi connectivity index (χ1v) is 1.83. The maximum atomic E-state index is 5.16. The number of rotatable bonds is 0. The normalized spacial score (nSPS) is 7.50. The minimum atomic E-state index is 0. The van der Waals surface area contributed by atoms with Crippen molar-refractivity contribution in [2.75, 3.05) is 5.73 Å². The van der Waals surface area contributed by atoms with Crippen molar-refractivity contribution >= 4 is 5.82 Å². The number of hydrogen-bond donors (Lipinski definition) is 1. The summed E-state index contributed by atoms with van der Waals surface area (Å²) in [4.78, 5) is 7.21. The largest absolute Gasteiger partial charge is 0.454 e. The molecule has 0 fully saturated rings. The average Bonchev–Trinajstić information content (AvgIpc) is 1.69. The van der Waals surface area contributed by atoms with E-state index in [4.69, 9.17) is 5.73 Å². The number of nitrogens with two attached hydrogens (primary N) is 1. The summed E-state index contributed by atoms with van der Waals surface area (Å²) in [6, 6.07) is 0. The van der Waals surface area contributed by atoms with Crippen LogP contribution in [0.25, 0.3) is 0 Å². The van der Waals surface area contributed by atoms with Crippen LogP contribution >= 0.6 is 0 Å². The summed E-state index contributed by atoms with van der Waals surface area (Å²) >= 11 is 0. The summed E-state index contributed by atoms with van der Waals surface area (Å²) in [5.41, 5.74) is 5.16. The fourth-order valence-corrected chi connectivity index (χ4v) is 0.273. The molecular weight excluding hydrogens is 179 g/mol. The predicted molar refractivity (Wildman–Crippen MR) is 25.3 cm³/mol. The molecule has 0 unspecified atom stereocenters.